The molecule has 0 N–H and O–H groups in total. The number of carbonyl (C=O) groups is 1. The Morgan fingerprint density at radius 3 is 2.42 bits per heavy atom. The van der Waals surface area contributed by atoms with E-state index in [1.165, 1.54) is 14.0 Å². The van der Waals surface area contributed by atoms with Crippen LogP contribution in [-0.4, -0.2) is 30.3 Å². The molecule has 1 aliphatic carbocycles. The lowest BCUT2D eigenvalue weighted by atomic mass is 9.86. The Hall–Kier alpha value is -2.11. The first-order valence-electron chi connectivity index (χ1n) is 10.6. The van der Waals surface area contributed by atoms with Crippen molar-refractivity contribution in [3.05, 3.63) is 49.6 Å². The largest absolute Gasteiger partial charge is 0.489 e. The number of carbonyl (C=O) groups excluding carboxylic acids is 1. The molecule has 1 unspecified atom stereocenters. The van der Waals surface area contributed by atoms with E-state index in [1.807, 2.05) is 0 Å². The van der Waals surface area contributed by atoms with Crippen molar-refractivity contribution in [1.29, 1.82) is 0 Å². The quantitative estimate of drug-likeness (QED) is 0.165. The fourth-order valence-electron chi connectivity index (χ4n) is 4.17. The van der Waals surface area contributed by atoms with Gasteiger partial charge in [0.25, 0.3) is 0 Å². The summed E-state index contributed by atoms with van der Waals surface area (Å²) in [4.78, 5) is 23.0. The van der Waals surface area contributed by atoms with Gasteiger partial charge in [0.15, 0.2) is 0 Å². The van der Waals surface area contributed by atoms with Crippen molar-refractivity contribution >= 4 is 39.3 Å². The summed E-state index contributed by atoms with van der Waals surface area (Å²) in [6.45, 7) is 1.48. The molecule has 3 rings (SSSR count). The smallest absolute Gasteiger partial charge is 0.391 e. The molecule has 10 heteroatoms. The minimum atomic E-state index is -4.16. The van der Waals surface area contributed by atoms with E-state index in [0.717, 1.165) is 14.3 Å². The van der Waals surface area contributed by atoms with Gasteiger partial charge in [0.2, 0.25) is 5.54 Å². The number of hydrogen-bond acceptors (Lipinski definition) is 5. The summed E-state index contributed by atoms with van der Waals surface area (Å²) < 4.78 is 50.1. The average molecular weight is 579 g/mol. The van der Waals surface area contributed by atoms with E-state index >= 15 is 0 Å². The van der Waals surface area contributed by atoms with E-state index in [-0.39, 0.29) is 31.8 Å². The van der Waals surface area contributed by atoms with Gasteiger partial charge < -0.3 is 9.47 Å². The zero-order valence-electron chi connectivity index (χ0n) is 18.3. The number of nitrogens with zero attached hydrogens (tertiary/aromatic N) is 1. The van der Waals surface area contributed by atoms with Crippen molar-refractivity contribution in [2.75, 3.05) is 7.11 Å². The molecule has 180 valence electrons. The molecule has 2 aromatic rings. The predicted molar refractivity (Wildman–Crippen MR) is 125 cm³/mol. The van der Waals surface area contributed by atoms with Gasteiger partial charge in [-0.3, -0.25) is 14.9 Å². The molecule has 0 heterocycles. The predicted octanol–water partition coefficient (Wildman–Crippen LogP) is 6.39. The molecule has 0 aromatic heterocycles. The standard InChI is InChI=1S/C23H25F3INO5/c1-22(28(30)31,12-11-20(29)32-2)16-6-9-18-14(13-16)3-10-19(21(18)27)33-17-7-4-15(5-8-17)23(24,25)26/h3,6,9-10,13,15,17H,4-5,7-8,11-12H2,1-2H3/t15-,17+,22?. The SMILES string of the molecule is COC(=O)CCC(C)(c1ccc2c(I)c(O[C@H]3CC[C@@H](C(F)(F)F)CC3)ccc2c1)[N+](=O)[O-]. The summed E-state index contributed by atoms with van der Waals surface area (Å²) in [5.74, 6) is -1.18. The molecule has 33 heavy (non-hydrogen) atoms. The monoisotopic (exact) mass is 579 g/mol. The van der Waals surface area contributed by atoms with Gasteiger partial charge in [-0.25, -0.2) is 0 Å². The van der Waals surface area contributed by atoms with Gasteiger partial charge in [0.1, 0.15) is 5.75 Å². The van der Waals surface area contributed by atoms with E-state index in [0.29, 0.717) is 24.2 Å². The Morgan fingerprint density at radius 2 is 1.85 bits per heavy atom. The summed E-state index contributed by atoms with van der Waals surface area (Å²) >= 11 is 2.13. The molecular weight excluding hydrogens is 554 g/mol. The molecule has 6 nitrogen and oxygen atoms in total. The van der Waals surface area contributed by atoms with Crippen LogP contribution in [0, 0.1) is 19.6 Å². The van der Waals surface area contributed by atoms with Crippen LogP contribution in [0.3, 0.4) is 0 Å². The van der Waals surface area contributed by atoms with E-state index in [4.69, 9.17) is 4.74 Å². The molecule has 0 spiro atoms. The van der Waals surface area contributed by atoms with Gasteiger partial charge in [-0.2, -0.15) is 13.2 Å². The third-order valence-corrected chi connectivity index (χ3v) is 7.53. The van der Waals surface area contributed by atoms with Gasteiger partial charge in [-0.15, -0.1) is 0 Å². The number of methoxy groups -OCH3 is 1. The van der Waals surface area contributed by atoms with Crippen LogP contribution < -0.4 is 4.74 Å². The van der Waals surface area contributed by atoms with Crippen molar-refractivity contribution in [3.63, 3.8) is 0 Å². The van der Waals surface area contributed by atoms with Crippen LogP contribution >= 0.6 is 22.6 Å². The number of nitro groups is 1. The zero-order valence-corrected chi connectivity index (χ0v) is 20.4. The van der Waals surface area contributed by atoms with Crippen LogP contribution in [0.5, 0.6) is 5.75 Å². The topological polar surface area (TPSA) is 78.7 Å². The molecule has 0 amide bonds. The lowest BCUT2D eigenvalue weighted by Crippen LogP contribution is -2.32. The third kappa shape index (κ3) is 5.70. The Balaban J connectivity index is 1.80. The van der Waals surface area contributed by atoms with Gasteiger partial charge in [-0.1, -0.05) is 18.2 Å². The van der Waals surface area contributed by atoms with Gasteiger partial charge in [0.05, 0.1) is 29.1 Å². The third-order valence-electron chi connectivity index (χ3n) is 6.42. The maximum absolute atomic E-state index is 12.9. The van der Waals surface area contributed by atoms with Crippen LogP contribution in [0.2, 0.25) is 0 Å². The van der Waals surface area contributed by atoms with E-state index in [2.05, 4.69) is 27.3 Å². The number of alkyl halides is 3. The zero-order chi connectivity index (χ0) is 24.4. The molecule has 0 radical (unpaired) electrons. The number of fused-ring (bicyclic) bond motifs is 1. The first-order chi connectivity index (χ1) is 15.5. The highest BCUT2D eigenvalue weighted by atomic mass is 127. The van der Waals surface area contributed by atoms with E-state index in [9.17, 15) is 28.1 Å². The molecule has 1 saturated carbocycles. The van der Waals surface area contributed by atoms with Crippen molar-refractivity contribution in [1.82, 2.24) is 0 Å². The van der Waals surface area contributed by atoms with Crippen LogP contribution in [0.15, 0.2) is 30.3 Å². The number of esters is 1. The van der Waals surface area contributed by atoms with Gasteiger partial charge >= 0.3 is 12.1 Å². The fourth-order valence-corrected chi connectivity index (χ4v) is 4.97. The average Bonchev–Trinajstić information content (AvgIpc) is 2.78. The fraction of sp³-hybridized carbons (Fsp3) is 0.522. The minimum absolute atomic E-state index is 0.00291. The van der Waals surface area contributed by atoms with Crippen molar-refractivity contribution in [2.24, 2.45) is 5.92 Å². The highest BCUT2D eigenvalue weighted by molar-refractivity contribution is 14.1. The number of benzene rings is 2. The second kappa shape index (κ2) is 10.0. The van der Waals surface area contributed by atoms with Crippen molar-refractivity contribution in [2.45, 2.75) is 63.3 Å². The highest BCUT2D eigenvalue weighted by Gasteiger charge is 2.42. The molecule has 0 aliphatic heterocycles. The van der Waals surface area contributed by atoms with Gasteiger partial charge in [-0.05, 0) is 71.2 Å². The highest BCUT2D eigenvalue weighted by Crippen LogP contribution is 2.40. The summed E-state index contributed by atoms with van der Waals surface area (Å²) in [5.41, 5.74) is -0.987. The van der Waals surface area contributed by atoms with Crippen molar-refractivity contribution in [3.8, 4) is 5.75 Å². The minimum Gasteiger partial charge on any atom is -0.489 e. The second-order valence-corrected chi connectivity index (χ2v) is 9.63. The molecule has 1 aliphatic rings. The Morgan fingerprint density at radius 1 is 1.18 bits per heavy atom. The maximum atomic E-state index is 12.9. The van der Waals surface area contributed by atoms with Crippen LogP contribution in [0.4, 0.5) is 13.2 Å². The summed E-state index contributed by atoms with van der Waals surface area (Å²) in [7, 11) is 1.24. The first kappa shape index (κ1) is 25.5. The summed E-state index contributed by atoms with van der Waals surface area (Å²) in [6.07, 6.45) is -3.69. The summed E-state index contributed by atoms with van der Waals surface area (Å²) in [6, 6.07) is 8.72. The second-order valence-electron chi connectivity index (χ2n) is 8.55. The number of ether oxygens (including phenoxy) is 2. The van der Waals surface area contributed by atoms with Gasteiger partial charge in [0, 0.05) is 23.8 Å². The van der Waals surface area contributed by atoms with Crippen LogP contribution in [0.1, 0.15) is 51.0 Å². The van der Waals surface area contributed by atoms with Crippen LogP contribution in [0.25, 0.3) is 10.8 Å². The van der Waals surface area contributed by atoms with Crippen LogP contribution in [-0.2, 0) is 15.1 Å². The van der Waals surface area contributed by atoms with E-state index < -0.39 is 28.5 Å². The molecule has 1 atom stereocenters. The Bertz CT molecular complexity index is 1040. The first-order valence-corrected chi connectivity index (χ1v) is 11.7. The molecular formula is C23H25F3INO5. The lowest BCUT2D eigenvalue weighted by molar-refractivity contribution is -0.575. The molecule has 1 fully saturated rings. The molecule has 0 saturated heterocycles. The number of halogens is 4. The Kier molecular flexibility index (Phi) is 7.75. The van der Waals surface area contributed by atoms with Crippen molar-refractivity contribution < 1.29 is 32.4 Å². The summed E-state index contributed by atoms with van der Waals surface area (Å²) in [5, 5.41) is 13.5. The number of hydrogen-bond donors (Lipinski definition) is 0. The normalized spacial score (nSPS) is 20.8. The van der Waals surface area contributed by atoms with E-state index in [1.54, 1.807) is 30.3 Å². The Labute approximate surface area is 203 Å². The lowest BCUT2D eigenvalue weighted by Gasteiger charge is -2.30. The molecule has 0 bridgehead atoms. The maximum Gasteiger partial charge on any atom is 0.391 e. The molecule has 2 aromatic carbocycles. The number of rotatable bonds is 7.